The van der Waals surface area contributed by atoms with Gasteiger partial charge in [-0.1, -0.05) is 0 Å². The van der Waals surface area contributed by atoms with Gasteiger partial charge < -0.3 is 10.1 Å². The van der Waals surface area contributed by atoms with Gasteiger partial charge in [-0.15, -0.1) is 0 Å². The van der Waals surface area contributed by atoms with E-state index in [1.54, 1.807) is 18.5 Å². The molecule has 1 aromatic carbocycles. The summed E-state index contributed by atoms with van der Waals surface area (Å²) in [5.41, 5.74) is 1.28. The van der Waals surface area contributed by atoms with Gasteiger partial charge in [-0.25, -0.2) is 0 Å². The van der Waals surface area contributed by atoms with Gasteiger partial charge in [0.15, 0.2) is 0 Å². The molecule has 0 radical (unpaired) electrons. The van der Waals surface area contributed by atoms with Gasteiger partial charge in [0.25, 0.3) is 11.6 Å². The molecular weight excluding hydrogens is 348 g/mol. The summed E-state index contributed by atoms with van der Waals surface area (Å²) in [5.74, 6) is 0.534. The number of carbonyl (C=O) groups is 1. The molecular formula is C19H16N4O4. The normalized spacial score (nSPS) is 10.2. The number of nitrogens with one attached hydrogen (secondary N) is 1. The molecule has 0 bridgehead atoms. The lowest BCUT2D eigenvalue weighted by Gasteiger charge is -2.08. The van der Waals surface area contributed by atoms with Gasteiger partial charge in [-0.3, -0.25) is 24.9 Å². The van der Waals surface area contributed by atoms with Gasteiger partial charge in [0.05, 0.1) is 4.92 Å². The first kappa shape index (κ1) is 18.0. The average Bonchev–Trinajstić information content (AvgIpc) is 2.69. The van der Waals surface area contributed by atoms with Gasteiger partial charge >= 0.3 is 0 Å². The summed E-state index contributed by atoms with van der Waals surface area (Å²) in [5, 5.41) is 13.5. The second-order valence-electron chi connectivity index (χ2n) is 5.59. The number of carbonyl (C=O) groups excluding carboxylic acids is 1. The van der Waals surface area contributed by atoms with Crippen molar-refractivity contribution in [3.8, 4) is 11.5 Å². The lowest BCUT2D eigenvalue weighted by molar-refractivity contribution is -0.384. The molecule has 8 heteroatoms. The highest BCUT2D eigenvalue weighted by Crippen LogP contribution is 2.23. The Labute approximate surface area is 155 Å². The SMILES string of the molecule is O=C(NCCc1ccncc1)c1cc(Oc2ccc([N+](=O)[O-])cc2)ccn1. The summed E-state index contributed by atoms with van der Waals surface area (Å²) < 4.78 is 5.63. The zero-order valence-electron chi connectivity index (χ0n) is 14.2. The Balaban J connectivity index is 1.59. The molecule has 0 saturated carbocycles. The van der Waals surface area contributed by atoms with Crippen molar-refractivity contribution in [2.45, 2.75) is 6.42 Å². The van der Waals surface area contributed by atoms with Crippen molar-refractivity contribution >= 4 is 11.6 Å². The number of amides is 1. The third kappa shape index (κ3) is 5.08. The predicted molar refractivity (Wildman–Crippen MR) is 97.7 cm³/mol. The van der Waals surface area contributed by atoms with Crippen LogP contribution in [0.2, 0.25) is 0 Å². The average molecular weight is 364 g/mol. The third-order valence-electron chi connectivity index (χ3n) is 3.70. The number of ether oxygens (including phenoxy) is 1. The molecule has 0 aliphatic rings. The summed E-state index contributed by atoms with van der Waals surface area (Å²) in [4.78, 5) is 30.4. The molecule has 1 N–H and O–H groups in total. The van der Waals surface area contributed by atoms with Crippen molar-refractivity contribution in [1.29, 1.82) is 0 Å². The zero-order chi connectivity index (χ0) is 19.1. The number of aromatic nitrogens is 2. The second kappa shape index (κ2) is 8.52. The van der Waals surface area contributed by atoms with Gasteiger partial charge in [0.1, 0.15) is 17.2 Å². The number of benzene rings is 1. The van der Waals surface area contributed by atoms with Crippen molar-refractivity contribution in [3.05, 3.63) is 88.5 Å². The lowest BCUT2D eigenvalue weighted by atomic mass is 10.2. The van der Waals surface area contributed by atoms with E-state index in [1.165, 1.54) is 36.5 Å². The first-order valence-electron chi connectivity index (χ1n) is 8.17. The zero-order valence-corrected chi connectivity index (χ0v) is 14.2. The maximum atomic E-state index is 12.2. The topological polar surface area (TPSA) is 107 Å². The quantitative estimate of drug-likeness (QED) is 0.510. The minimum absolute atomic E-state index is 0.0219. The highest BCUT2D eigenvalue weighted by Gasteiger charge is 2.10. The Morgan fingerprint density at radius 1 is 1.04 bits per heavy atom. The van der Waals surface area contributed by atoms with Crippen LogP contribution in [0.3, 0.4) is 0 Å². The van der Waals surface area contributed by atoms with E-state index in [4.69, 9.17) is 4.74 Å². The molecule has 27 heavy (non-hydrogen) atoms. The Kier molecular flexibility index (Phi) is 5.68. The Bertz CT molecular complexity index is 930. The molecule has 3 aromatic rings. The third-order valence-corrected chi connectivity index (χ3v) is 3.70. The van der Waals surface area contributed by atoms with E-state index in [0.29, 0.717) is 24.5 Å². The van der Waals surface area contributed by atoms with E-state index >= 15 is 0 Å². The first-order valence-corrected chi connectivity index (χ1v) is 8.17. The molecule has 1 amide bonds. The lowest BCUT2D eigenvalue weighted by Crippen LogP contribution is -2.26. The van der Waals surface area contributed by atoms with Crippen LogP contribution >= 0.6 is 0 Å². The minimum Gasteiger partial charge on any atom is -0.457 e. The fourth-order valence-electron chi connectivity index (χ4n) is 2.33. The molecule has 0 spiro atoms. The highest BCUT2D eigenvalue weighted by atomic mass is 16.6. The summed E-state index contributed by atoms with van der Waals surface area (Å²) in [6.45, 7) is 0.470. The summed E-state index contributed by atoms with van der Waals surface area (Å²) in [7, 11) is 0. The van der Waals surface area contributed by atoms with E-state index in [1.807, 2.05) is 12.1 Å². The standard InChI is InChI=1S/C19H16N4O4/c24-19(22-11-7-14-5-9-20-10-6-14)18-13-17(8-12-21-18)27-16-3-1-15(2-4-16)23(25)26/h1-6,8-10,12-13H,7,11H2,(H,22,24). The van der Waals surface area contributed by atoms with Crippen LogP contribution in [0.25, 0.3) is 0 Å². The van der Waals surface area contributed by atoms with Gasteiger partial charge in [-0.05, 0) is 42.3 Å². The fraction of sp³-hybridized carbons (Fsp3) is 0.105. The molecule has 136 valence electrons. The van der Waals surface area contributed by atoms with Crippen molar-refractivity contribution in [2.75, 3.05) is 6.54 Å². The van der Waals surface area contributed by atoms with Crippen LogP contribution in [0.15, 0.2) is 67.1 Å². The van der Waals surface area contributed by atoms with E-state index in [0.717, 1.165) is 5.56 Å². The molecule has 0 saturated heterocycles. The maximum Gasteiger partial charge on any atom is 0.270 e. The van der Waals surface area contributed by atoms with E-state index in [-0.39, 0.29) is 17.3 Å². The first-order chi connectivity index (χ1) is 13.1. The van der Waals surface area contributed by atoms with Crippen LogP contribution in [0.1, 0.15) is 16.1 Å². The second-order valence-corrected chi connectivity index (χ2v) is 5.59. The smallest absolute Gasteiger partial charge is 0.270 e. The summed E-state index contributed by atoms with van der Waals surface area (Å²) >= 11 is 0. The summed E-state index contributed by atoms with van der Waals surface area (Å²) in [6, 6.07) is 12.6. The van der Waals surface area contributed by atoms with Gasteiger partial charge in [0.2, 0.25) is 0 Å². The molecule has 8 nitrogen and oxygen atoms in total. The maximum absolute atomic E-state index is 12.2. The van der Waals surface area contributed by atoms with Crippen LogP contribution in [-0.4, -0.2) is 27.3 Å². The number of nitro groups is 1. The van der Waals surface area contributed by atoms with Crippen molar-refractivity contribution in [3.63, 3.8) is 0 Å². The van der Waals surface area contributed by atoms with Crippen LogP contribution in [-0.2, 0) is 6.42 Å². The number of pyridine rings is 2. The minimum atomic E-state index is -0.482. The Hall–Kier alpha value is -3.81. The van der Waals surface area contributed by atoms with Crippen LogP contribution < -0.4 is 10.1 Å². The van der Waals surface area contributed by atoms with E-state index in [9.17, 15) is 14.9 Å². The Morgan fingerprint density at radius 2 is 1.78 bits per heavy atom. The molecule has 0 fully saturated rings. The van der Waals surface area contributed by atoms with Gasteiger partial charge in [0, 0.05) is 43.3 Å². The molecule has 0 atom stereocenters. The number of nitro benzene ring substituents is 1. The molecule has 3 rings (SSSR count). The van der Waals surface area contributed by atoms with Gasteiger partial charge in [-0.2, -0.15) is 0 Å². The number of hydrogen-bond donors (Lipinski definition) is 1. The highest BCUT2D eigenvalue weighted by molar-refractivity contribution is 5.92. The Morgan fingerprint density at radius 3 is 2.48 bits per heavy atom. The molecule has 2 heterocycles. The van der Waals surface area contributed by atoms with E-state index < -0.39 is 4.92 Å². The number of rotatable bonds is 7. The van der Waals surface area contributed by atoms with Crippen molar-refractivity contribution in [2.24, 2.45) is 0 Å². The molecule has 0 aliphatic heterocycles. The monoisotopic (exact) mass is 364 g/mol. The van der Waals surface area contributed by atoms with E-state index in [2.05, 4.69) is 15.3 Å². The molecule has 0 unspecified atom stereocenters. The van der Waals surface area contributed by atoms with Crippen molar-refractivity contribution < 1.29 is 14.5 Å². The predicted octanol–water partition coefficient (Wildman–Crippen LogP) is 3.15. The van der Waals surface area contributed by atoms with Crippen molar-refractivity contribution in [1.82, 2.24) is 15.3 Å². The number of nitrogens with zero attached hydrogens (tertiary/aromatic N) is 3. The number of hydrogen-bond acceptors (Lipinski definition) is 6. The number of non-ortho nitro benzene ring substituents is 1. The summed E-state index contributed by atoms with van der Waals surface area (Å²) in [6.07, 6.45) is 5.57. The molecule has 2 aromatic heterocycles. The van der Waals surface area contributed by atoms with Crippen LogP contribution in [0, 0.1) is 10.1 Å². The van der Waals surface area contributed by atoms with Crippen LogP contribution in [0.4, 0.5) is 5.69 Å². The largest absolute Gasteiger partial charge is 0.457 e. The van der Waals surface area contributed by atoms with Crippen LogP contribution in [0.5, 0.6) is 11.5 Å². The molecule has 0 aliphatic carbocycles. The fourth-order valence-corrected chi connectivity index (χ4v) is 2.33.